The van der Waals surface area contributed by atoms with Gasteiger partial charge in [0.15, 0.2) is 5.69 Å². The zero-order valence-electron chi connectivity index (χ0n) is 11.9. The molecule has 0 radical (unpaired) electrons. The molecule has 112 valence electrons. The van der Waals surface area contributed by atoms with Gasteiger partial charge in [-0.15, -0.1) is 10.2 Å². The molecule has 0 saturated carbocycles. The van der Waals surface area contributed by atoms with Crippen LogP contribution >= 0.6 is 11.3 Å². The van der Waals surface area contributed by atoms with Crippen molar-refractivity contribution in [3.8, 4) is 10.6 Å². The van der Waals surface area contributed by atoms with Gasteiger partial charge in [-0.2, -0.15) is 0 Å². The van der Waals surface area contributed by atoms with Crippen molar-refractivity contribution in [2.24, 2.45) is 0 Å². The number of oxazole rings is 1. The molecular weight excluding hydrogens is 302 g/mol. The average molecular weight is 315 g/mol. The summed E-state index contributed by atoms with van der Waals surface area (Å²) in [5.74, 6) is -0.0708. The molecule has 0 atom stereocenters. The number of rotatable bonds is 5. The fraction of sp³-hybridized carbons (Fsp3) is 0.200. The number of aromatic nitrogens is 3. The van der Waals surface area contributed by atoms with Crippen LogP contribution in [0.5, 0.6) is 0 Å². The van der Waals surface area contributed by atoms with Gasteiger partial charge in [0.2, 0.25) is 5.89 Å². The van der Waals surface area contributed by atoms with E-state index in [9.17, 15) is 4.79 Å². The van der Waals surface area contributed by atoms with E-state index in [1.165, 1.54) is 17.6 Å². The number of nitrogens with zero attached hydrogens (tertiary/aromatic N) is 3. The molecule has 7 heteroatoms. The Bertz CT molecular complexity index is 767. The van der Waals surface area contributed by atoms with E-state index in [4.69, 9.17) is 9.15 Å². The van der Waals surface area contributed by atoms with Crippen LogP contribution < -0.4 is 0 Å². The Kier molecular flexibility index (Phi) is 4.24. The molecule has 0 N–H and O–H groups in total. The Balaban J connectivity index is 1.72. The summed E-state index contributed by atoms with van der Waals surface area (Å²) in [5, 5.41) is 9.91. The Hall–Kier alpha value is -2.54. The van der Waals surface area contributed by atoms with Crippen LogP contribution in [0.25, 0.3) is 10.6 Å². The SMILES string of the molecule is CCOC(=O)c1coc(Cc2nnc(-c3ccccc3)s2)n1. The molecule has 0 bridgehead atoms. The van der Waals surface area contributed by atoms with Crippen molar-refractivity contribution >= 4 is 17.3 Å². The van der Waals surface area contributed by atoms with Crippen molar-refractivity contribution in [1.29, 1.82) is 0 Å². The van der Waals surface area contributed by atoms with Crippen molar-refractivity contribution in [1.82, 2.24) is 15.2 Å². The molecule has 22 heavy (non-hydrogen) atoms. The highest BCUT2D eigenvalue weighted by atomic mass is 32.1. The first-order valence-electron chi connectivity index (χ1n) is 6.75. The van der Waals surface area contributed by atoms with Gasteiger partial charge >= 0.3 is 5.97 Å². The summed E-state index contributed by atoms with van der Waals surface area (Å²) in [4.78, 5) is 15.6. The highest BCUT2D eigenvalue weighted by molar-refractivity contribution is 7.14. The predicted molar refractivity (Wildman–Crippen MR) is 80.6 cm³/mol. The summed E-state index contributed by atoms with van der Waals surface area (Å²) >= 11 is 1.47. The summed E-state index contributed by atoms with van der Waals surface area (Å²) < 4.78 is 10.1. The molecule has 0 aliphatic heterocycles. The van der Waals surface area contributed by atoms with E-state index in [2.05, 4.69) is 15.2 Å². The predicted octanol–water partition coefficient (Wildman–Crippen LogP) is 2.96. The first kappa shape index (κ1) is 14.4. The monoisotopic (exact) mass is 315 g/mol. The second kappa shape index (κ2) is 6.48. The molecule has 2 aromatic heterocycles. The molecular formula is C15H13N3O3S. The number of ether oxygens (including phenoxy) is 1. The third kappa shape index (κ3) is 3.20. The standard InChI is InChI=1S/C15H13N3O3S/c1-2-20-15(19)11-9-21-12(16-11)8-13-17-18-14(22-13)10-6-4-3-5-7-10/h3-7,9H,2,8H2,1H3. The summed E-state index contributed by atoms with van der Waals surface area (Å²) in [5.41, 5.74) is 1.19. The minimum absolute atomic E-state index is 0.171. The number of hydrogen-bond donors (Lipinski definition) is 0. The average Bonchev–Trinajstić information content (AvgIpc) is 3.18. The number of carbonyl (C=O) groups excluding carboxylic acids is 1. The third-order valence-electron chi connectivity index (χ3n) is 2.83. The van der Waals surface area contributed by atoms with Gasteiger partial charge in [0.1, 0.15) is 16.3 Å². The Morgan fingerprint density at radius 1 is 1.27 bits per heavy atom. The lowest BCUT2D eigenvalue weighted by Gasteiger charge is -1.94. The molecule has 1 aromatic carbocycles. The van der Waals surface area contributed by atoms with E-state index in [1.54, 1.807) is 6.92 Å². The molecule has 6 nitrogen and oxygen atoms in total. The number of hydrogen-bond acceptors (Lipinski definition) is 7. The van der Waals surface area contributed by atoms with Crippen LogP contribution in [0.4, 0.5) is 0 Å². The third-order valence-corrected chi connectivity index (χ3v) is 3.80. The fourth-order valence-corrected chi connectivity index (χ4v) is 2.68. The van der Waals surface area contributed by atoms with E-state index in [-0.39, 0.29) is 5.69 Å². The lowest BCUT2D eigenvalue weighted by Crippen LogP contribution is -2.05. The minimum Gasteiger partial charge on any atom is -0.461 e. The van der Waals surface area contributed by atoms with Crippen LogP contribution in [-0.2, 0) is 11.2 Å². The molecule has 0 spiro atoms. The van der Waals surface area contributed by atoms with Gasteiger partial charge in [-0.3, -0.25) is 0 Å². The first-order chi connectivity index (χ1) is 10.8. The zero-order chi connectivity index (χ0) is 15.4. The zero-order valence-corrected chi connectivity index (χ0v) is 12.7. The summed E-state index contributed by atoms with van der Waals surface area (Å²) in [6, 6.07) is 9.82. The van der Waals surface area contributed by atoms with Crippen LogP contribution in [-0.4, -0.2) is 27.8 Å². The van der Waals surface area contributed by atoms with E-state index in [0.29, 0.717) is 18.9 Å². The van der Waals surface area contributed by atoms with Gasteiger partial charge in [0, 0.05) is 5.56 Å². The molecule has 3 aromatic rings. The van der Waals surface area contributed by atoms with E-state index in [0.717, 1.165) is 15.6 Å². The normalized spacial score (nSPS) is 10.6. The Morgan fingerprint density at radius 3 is 2.86 bits per heavy atom. The van der Waals surface area contributed by atoms with Gasteiger partial charge in [-0.05, 0) is 6.92 Å². The van der Waals surface area contributed by atoms with Gasteiger partial charge in [-0.25, -0.2) is 9.78 Å². The van der Waals surface area contributed by atoms with Gasteiger partial charge in [0.25, 0.3) is 0 Å². The second-order valence-electron chi connectivity index (χ2n) is 4.39. The lowest BCUT2D eigenvalue weighted by atomic mass is 10.2. The van der Waals surface area contributed by atoms with Crippen molar-refractivity contribution in [3.05, 3.63) is 53.2 Å². The Morgan fingerprint density at radius 2 is 2.09 bits per heavy atom. The topological polar surface area (TPSA) is 78.1 Å². The number of benzene rings is 1. The highest BCUT2D eigenvalue weighted by Crippen LogP contribution is 2.24. The quantitative estimate of drug-likeness (QED) is 0.674. The van der Waals surface area contributed by atoms with Crippen molar-refractivity contribution in [3.63, 3.8) is 0 Å². The van der Waals surface area contributed by atoms with Crippen LogP contribution in [0.1, 0.15) is 28.3 Å². The second-order valence-corrected chi connectivity index (χ2v) is 5.45. The maximum atomic E-state index is 11.5. The minimum atomic E-state index is -0.486. The maximum absolute atomic E-state index is 11.5. The summed E-state index contributed by atoms with van der Waals surface area (Å²) in [6.07, 6.45) is 1.69. The van der Waals surface area contributed by atoms with Crippen LogP contribution in [0, 0.1) is 0 Å². The van der Waals surface area contributed by atoms with Crippen molar-refractivity contribution < 1.29 is 13.9 Å². The molecule has 0 aliphatic carbocycles. The molecule has 3 rings (SSSR count). The van der Waals surface area contributed by atoms with E-state index < -0.39 is 5.97 Å². The fourth-order valence-electron chi connectivity index (χ4n) is 1.84. The van der Waals surface area contributed by atoms with Crippen LogP contribution in [0.2, 0.25) is 0 Å². The maximum Gasteiger partial charge on any atom is 0.360 e. The molecule has 0 fully saturated rings. The molecule has 2 heterocycles. The van der Waals surface area contributed by atoms with Crippen molar-refractivity contribution in [2.75, 3.05) is 6.61 Å². The highest BCUT2D eigenvalue weighted by Gasteiger charge is 2.15. The first-order valence-corrected chi connectivity index (χ1v) is 7.57. The van der Waals surface area contributed by atoms with E-state index in [1.807, 2.05) is 30.3 Å². The lowest BCUT2D eigenvalue weighted by molar-refractivity contribution is 0.0519. The van der Waals surface area contributed by atoms with E-state index >= 15 is 0 Å². The largest absolute Gasteiger partial charge is 0.461 e. The Labute approximate surface area is 130 Å². The molecule has 0 unspecified atom stereocenters. The number of carbonyl (C=O) groups is 1. The number of esters is 1. The van der Waals surface area contributed by atoms with Crippen molar-refractivity contribution in [2.45, 2.75) is 13.3 Å². The molecule has 0 amide bonds. The molecule has 0 saturated heterocycles. The van der Waals surface area contributed by atoms with Crippen LogP contribution in [0.3, 0.4) is 0 Å². The molecule has 0 aliphatic rings. The summed E-state index contributed by atoms with van der Waals surface area (Å²) in [7, 11) is 0. The van der Waals surface area contributed by atoms with Crippen LogP contribution in [0.15, 0.2) is 41.0 Å². The van der Waals surface area contributed by atoms with Gasteiger partial charge in [-0.1, -0.05) is 41.7 Å². The van der Waals surface area contributed by atoms with Gasteiger partial charge < -0.3 is 9.15 Å². The summed E-state index contributed by atoms with van der Waals surface area (Å²) in [6.45, 7) is 2.04. The van der Waals surface area contributed by atoms with Gasteiger partial charge in [0.05, 0.1) is 13.0 Å². The smallest absolute Gasteiger partial charge is 0.360 e.